The summed E-state index contributed by atoms with van der Waals surface area (Å²) in [6, 6.07) is 12.8. The fraction of sp³-hybridized carbons (Fsp3) is 0.143. The van der Waals surface area contributed by atoms with Crippen molar-refractivity contribution in [3.63, 3.8) is 0 Å². The van der Waals surface area contributed by atoms with Gasteiger partial charge in [-0.25, -0.2) is 5.43 Å². The summed E-state index contributed by atoms with van der Waals surface area (Å²) >= 11 is 2.15. The van der Waals surface area contributed by atoms with Crippen molar-refractivity contribution in [3.05, 3.63) is 63.2 Å². The molecule has 0 bridgehead atoms. The number of nitrogens with two attached hydrogens (primary N) is 1. The van der Waals surface area contributed by atoms with Crippen LogP contribution in [-0.4, -0.2) is 6.36 Å². The first-order valence-corrected chi connectivity index (χ1v) is 7.05. The second kappa shape index (κ2) is 6.63. The van der Waals surface area contributed by atoms with Crippen molar-refractivity contribution in [2.45, 2.75) is 12.4 Å². The van der Waals surface area contributed by atoms with Crippen LogP contribution in [0.25, 0.3) is 0 Å². The van der Waals surface area contributed by atoms with E-state index in [-0.39, 0.29) is 5.75 Å². The first kappa shape index (κ1) is 16.1. The van der Waals surface area contributed by atoms with E-state index in [4.69, 9.17) is 5.84 Å². The van der Waals surface area contributed by atoms with Gasteiger partial charge in [0.25, 0.3) is 0 Å². The SMILES string of the molecule is NNC(c1cccc(OC(F)(F)F)c1)c1ccccc1I. The van der Waals surface area contributed by atoms with E-state index in [1.54, 1.807) is 6.07 Å². The van der Waals surface area contributed by atoms with Crippen LogP contribution >= 0.6 is 22.6 Å². The monoisotopic (exact) mass is 408 g/mol. The molecule has 0 radical (unpaired) electrons. The molecule has 2 rings (SSSR count). The molecule has 0 spiro atoms. The molecule has 0 aliphatic rings. The second-order valence-corrected chi connectivity index (χ2v) is 5.40. The Balaban J connectivity index is 2.35. The zero-order valence-corrected chi connectivity index (χ0v) is 12.9. The molecular weight excluding hydrogens is 396 g/mol. The molecule has 0 saturated heterocycles. The van der Waals surface area contributed by atoms with Crippen LogP contribution in [0.1, 0.15) is 17.2 Å². The molecule has 0 saturated carbocycles. The zero-order valence-electron chi connectivity index (χ0n) is 10.7. The van der Waals surface area contributed by atoms with Crippen molar-refractivity contribution in [2.75, 3.05) is 0 Å². The number of ether oxygens (including phenoxy) is 1. The molecule has 0 aliphatic carbocycles. The van der Waals surface area contributed by atoms with Crippen LogP contribution in [0.4, 0.5) is 13.2 Å². The number of halogens is 4. The lowest BCUT2D eigenvalue weighted by Gasteiger charge is -2.19. The summed E-state index contributed by atoms with van der Waals surface area (Å²) in [4.78, 5) is 0. The van der Waals surface area contributed by atoms with Crippen LogP contribution in [0.2, 0.25) is 0 Å². The number of rotatable bonds is 4. The molecule has 2 aromatic rings. The number of alkyl halides is 3. The third kappa shape index (κ3) is 4.32. The highest BCUT2D eigenvalue weighted by Crippen LogP contribution is 2.29. The maximum absolute atomic E-state index is 12.3. The van der Waals surface area contributed by atoms with Gasteiger partial charge in [-0.1, -0.05) is 30.3 Å². The van der Waals surface area contributed by atoms with E-state index in [0.717, 1.165) is 9.13 Å². The first-order valence-electron chi connectivity index (χ1n) is 5.97. The number of hydrogen-bond donors (Lipinski definition) is 2. The quantitative estimate of drug-likeness (QED) is 0.461. The largest absolute Gasteiger partial charge is 0.573 e. The van der Waals surface area contributed by atoms with E-state index in [1.165, 1.54) is 18.2 Å². The number of nitrogens with one attached hydrogen (secondary N) is 1. The van der Waals surface area contributed by atoms with Crippen LogP contribution in [-0.2, 0) is 0 Å². The lowest BCUT2D eigenvalue weighted by molar-refractivity contribution is -0.274. The Labute approximate surface area is 133 Å². The molecule has 0 amide bonds. The number of hydrogen-bond acceptors (Lipinski definition) is 3. The van der Waals surface area contributed by atoms with Crippen molar-refractivity contribution in [3.8, 4) is 5.75 Å². The Bertz CT molecular complexity index is 619. The van der Waals surface area contributed by atoms with Gasteiger partial charge in [-0.05, 0) is 51.9 Å². The molecule has 7 heteroatoms. The molecule has 1 atom stereocenters. The van der Waals surface area contributed by atoms with Crippen LogP contribution < -0.4 is 16.0 Å². The van der Waals surface area contributed by atoms with Crippen molar-refractivity contribution < 1.29 is 17.9 Å². The Morgan fingerprint density at radius 1 is 1.10 bits per heavy atom. The molecule has 21 heavy (non-hydrogen) atoms. The van der Waals surface area contributed by atoms with E-state index < -0.39 is 12.4 Å². The zero-order chi connectivity index (χ0) is 15.5. The summed E-state index contributed by atoms with van der Waals surface area (Å²) < 4.78 is 41.7. The third-order valence-corrected chi connectivity index (χ3v) is 3.79. The summed E-state index contributed by atoms with van der Waals surface area (Å²) in [6.45, 7) is 0. The Morgan fingerprint density at radius 3 is 2.43 bits per heavy atom. The smallest absolute Gasteiger partial charge is 0.406 e. The highest BCUT2D eigenvalue weighted by Gasteiger charge is 2.31. The minimum absolute atomic E-state index is 0.272. The van der Waals surface area contributed by atoms with Gasteiger partial charge in [-0.3, -0.25) is 5.84 Å². The molecule has 0 aromatic heterocycles. The van der Waals surface area contributed by atoms with Gasteiger partial charge in [-0.2, -0.15) is 0 Å². The van der Waals surface area contributed by atoms with Gasteiger partial charge in [0.15, 0.2) is 0 Å². The van der Waals surface area contributed by atoms with Crippen molar-refractivity contribution in [1.82, 2.24) is 5.43 Å². The molecular formula is C14H12F3IN2O. The standard InChI is InChI=1S/C14H12F3IN2O/c15-14(16,17)21-10-5-3-4-9(8-10)13(20-19)11-6-1-2-7-12(11)18/h1-8,13,20H,19H2. The Kier molecular flexibility index (Phi) is 5.07. The van der Waals surface area contributed by atoms with Gasteiger partial charge in [0, 0.05) is 3.57 Å². The minimum Gasteiger partial charge on any atom is -0.406 e. The maximum Gasteiger partial charge on any atom is 0.573 e. The van der Waals surface area contributed by atoms with E-state index in [1.807, 2.05) is 24.3 Å². The van der Waals surface area contributed by atoms with E-state index in [2.05, 4.69) is 32.8 Å². The summed E-state index contributed by atoms with van der Waals surface area (Å²) in [6.07, 6.45) is -4.72. The fourth-order valence-electron chi connectivity index (χ4n) is 1.97. The van der Waals surface area contributed by atoms with Gasteiger partial charge in [0.1, 0.15) is 5.75 Å². The third-order valence-electron chi connectivity index (χ3n) is 2.81. The molecule has 3 N–H and O–H groups in total. The predicted octanol–water partition coefficient (Wildman–Crippen LogP) is 3.74. The minimum atomic E-state index is -4.72. The summed E-state index contributed by atoms with van der Waals surface area (Å²) in [5.74, 6) is 5.29. The summed E-state index contributed by atoms with van der Waals surface area (Å²) in [5, 5.41) is 0. The molecule has 0 heterocycles. The second-order valence-electron chi connectivity index (χ2n) is 4.24. The molecule has 0 fully saturated rings. The summed E-state index contributed by atoms with van der Waals surface area (Å²) in [5.41, 5.74) is 4.09. The van der Waals surface area contributed by atoms with Crippen LogP contribution in [0.5, 0.6) is 5.75 Å². The first-order chi connectivity index (χ1) is 9.90. The lowest BCUT2D eigenvalue weighted by Crippen LogP contribution is -2.29. The van der Waals surface area contributed by atoms with Gasteiger partial charge in [-0.15, -0.1) is 13.2 Å². The van der Waals surface area contributed by atoms with Crippen LogP contribution in [0.15, 0.2) is 48.5 Å². The normalized spacial score (nSPS) is 13.0. The highest BCUT2D eigenvalue weighted by atomic mass is 127. The molecule has 1 unspecified atom stereocenters. The molecule has 112 valence electrons. The predicted molar refractivity (Wildman–Crippen MR) is 81.5 cm³/mol. The van der Waals surface area contributed by atoms with E-state index in [0.29, 0.717) is 5.56 Å². The van der Waals surface area contributed by atoms with Crippen LogP contribution in [0.3, 0.4) is 0 Å². The van der Waals surface area contributed by atoms with Crippen LogP contribution in [0, 0.1) is 3.57 Å². The van der Waals surface area contributed by atoms with Crippen molar-refractivity contribution in [1.29, 1.82) is 0 Å². The highest BCUT2D eigenvalue weighted by molar-refractivity contribution is 14.1. The average Bonchev–Trinajstić information content (AvgIpc) is 2.40. The Morgan fingerprint density at radius 2 is 1.81 bits per heavy atom. The fourth-order valence-corrected chi connectivity index (χ4v) is 2.66. The number of benzene rings is 2. The van der Waals surface area contributed by atoms with E-state index >= 15 is 0 Å². The lowest BCUT2D eigenvalue weighted by atomic mass is 9.99. The van der Waals surface area contributed by atoms with Gasteiger partial charge >= 0.3 is 6.36 Å². The van der Waals surface area contributed by atoms with Gasteiger partial charge in [0.05, 0.1) is 6.04 Å². The summed E-state index contributed by atoms with van der Waals surface area (Å²) in [7, 11) is 0. The molecule has 3 nitrogen and oxygen atoms in total. The average molecular weight is 408 g/mol. The van der Waals surface area contributed by atoms with Gasteiger partial charge in [0.2, 0.25) is 0 Å². The van der Waals surface area contributed by atoms with Crippen molar-refractivity contribution in [2.24, 2.45) is 5.84 Å². The molecule has 0 aliphatic heterocycles. The van der Waals surface area contributed by atoms with Crippen molar-refractivity contribution >= 4 is 22.6 Å². The van der Waals surface area contributed by atoms with Gasteiger partial charge < -0.3 is 4.74 Å². The Hall–Kier alpha value is -1.32. The molecule has 2 aromatic carbocycles. The topological polar surface area (TPSA) is 47.3 Å². The number of hydrazine groups is 1. The maximum atomic E-state index is 12.3. The van der Waals surface area contributed by atoms with E-state index in [9.17, 15) is 13.2 Å².